The first-order valence-corrected chi connectivity index (χ1v) is 11.2. The Morgan fingerprint density at radius 3 is 2.44 bits per heavy atom. The normalized spacial score (nSPS) is 16.2. The van der Waals surface area contributed by atoms with E-state index in [0.29, 0.717) is 25.6 Å². The molecule has 2 aromatic carbocycles. The monoisotopic (exact) mass is 433 g/mol. The Morgan fingerprint density at radius 1 is 1.06 bits per heavy atom. The van der Waals surface area contributed by atoms with Crippen LogP contribution in [0.15, 0.2) is 66.9 Å². The van der Waals surface area contributed by atoms with Crippen molar-refractivity contribution in [1.29, 1.82) is 0 Å². The summed E-state index contributed by atoms with van der Waals surface area (Å²) in [6.07, 6.45) is 3.66. The van der Waals surface area contributed by atoms with Crippen LogP contribution >= 0.6 is 0 Å². The van der Waals surface area contributed by atoms with Gasteiger partial charge in [0.05, 0.1) is 18.2 Å². The van der Waals surface area contributed by atoms with Crippen molar-refractivity contribution < 1.29 is 14.3 Å². The Bertz CT molecular complexity index is 1030. The second kappa shape index (κ2) is 9.47. The summed E-state index contributed by atoms with van der Waals surface area (Å²) in [5.41, 5.74) is 2.59. The first-order valence-electron chi connectivity index (χ1n) is 11.2. The molecule has 168 valence electrons. The summed E-state index contributed by atoms with van der Waals surface area (Å²) in [6, 6.07) is 20.2. The van der Waals surface area contributed by atoms with Crippen molar-refractivity contribution in [3.63, 3.8) is 0 Å². The van der Waals surface area contributed by atoms with E-state index in [1.807, 2.05) is 85.1 Å². The minimum atomic E-state index is -0.505. The number of ether oxygens (including phenoxy) is 2. The molecule has 0 bridgehead atoms. The third-order valence-corrected chi connectivity index (χ3v) is 5.43. The predicted octanol–water partition coefficient (Wildman–Crippen LogP) is 5.53. The second-order valence-corrected chi connectivity index (χ2v) is 9.18. The lowest BCUT2D eigenvalue weighted by atomic mass is 10.1. The summed E-state index contributed by atoms with van der Waals surface area (Å²) in [6.45, 7) is 7.45. The van der Waals surface area contributed by atoms with Crippen molar-refractivity contribution in [2.75, 3.05) is 6.54 Å². The first kappa shape index (κ1) is 21.9. The van der Waals surface area contributed by atoms with E-state index in [-0.39, 0.29) is 12.1 Å². The van der Waals surface area contributed by atoms with E-state index in [2.05, 4.69) is 12.1 Å². The van der Waals surface area contributed by atoms with E-state index >= 15 is 0 Å². The number of aromatic nitrogens is 2. The Kier molecular flexibility index (Phi) is 6.49. The number of benzene rings is 2. The zero-order chi connectivity index (χ0) is 22.6. The third kappa shape index (κ3) is 5.49. The molecule has 1 amide bonds. The predicted molar refractivity (Wildman–Crippen MR) is 124 cm³/mol. The second-order valence-electron chi connectivity index (χ2n) is 9.18. The number of likely N-dealkylation sites (tertiary alicyclic amines) is 1. The molecule has 1 fully saturated rings. The number of rotatable bonds is 6. The molecule has 1 saturated heterocycles. The summed E-state index contributed by atoms with van der Waals surface area (Å²) < 4.78 is 13.6. The van der Waals surface area contributed by atoms with Crippen molar-refractivity contribution >= 4 is 6.09 Å². The van der Waals surface area contributed by atoms with Gasteiger partial charge in [-0.05, 0) is 44.7 Å². The van der Waals surface area contributed by atoms with Crippen molar-refractivity contribution in [1.82, 2.24) is 14.7 Å². The Labute approximate surface area is 189 Å². The van der Waals surface area contributed by atoms with E-state index < -0.39 is 5.60 Å². The van der Waals surface area contributed by atoms with Gasteiger partial charge in [0.2, 0.25) is 5.88 Å². The fraction of sp³-hybridized carbons (Fsp3) is 0.385. The summed E-state index contributed by atoms with van der Waals surface area (Å²) in [7, 11) is 0. The molecule has 3 aromatic rings. The number of hydrogen-bond donors (Lipinski definition) is 0. The van der Waals surface area contributed by atoms with Gasteiger partial charge in [-0.25, -0.2) is 4.79 Å². The minimum absolute atomic E-state index is 0.0512. The molecular weight excluding hydrogens is 402 g/mol. The van der Waals surface area contributed by atoms with E-state index in [1.165, 1.54) is 0 Å². The Balaban J connectivity index is 1.53. The van der Waals surface area contributed by atoms with Gasteiger partial charge in [0.15, 0.2) is 0 Å². The fourth-order valence-corrected chi connectivity index (χ4v) is 3.95. The van der Waals surface area contributed by atoms with Crippen LogP contribution in [0.4, 0.5) is 4.79 Å². The quantitative estimate of drug-likeness (QED) is 0.513. The van der Waals surface area contributed by atoms with Crippen LogP contribution in [0, 0.1) is 0 Å². The van der Waals surface area contributed by atoms with Gasteiger partial charge in [-0.3, -0.25) is 4.68 Å². The van der Waals surface area contributed by atoms with Crippen LogP contribution in [0.25, 0.3) is 11.1 Å². The topological polar surface area (TPSA) is 56.6 Å². The molecule has 0 saturated carbocycles. The van der Waals surface area contributed by atoms with Gasteiger partial charge in [0.25, 0.3) is 0 Å². The molecule has 1 aliphatic heterocycles. The van der Waals surface area contributed by atoms with Gasteiger partial charge in [-0.15, -0.1) is 5.10 Å². The molecule has 0 unspecified atom stereocenters. The largest absolute Gasteiger partial charge is 0.471 e. The molecular formula is C26H31N3O3. The van der Waals surface area contributed by atoms with Crippen molar-refractivity contribution in [2.45, 2.75) is 58.4 Å². The summed E-state index contributed by atoms with van der Waals surface area (Å²) >= 11 is 0. The average Bonchev–Trinajstić information content (AvgIpc) is 3.40. The molecule has 1 aliphatic rings. The van der Waals surface area contributed by atoms with Gasteiger partial charge in [0, 0.05) is 12.7 Å². The first-order chi connectivity index (χ1) is 15.4. The number of nitrogens with zero attached hydrogens (tertiary/aromatic N) is 3. The van der Waals surface area contributed by atoms with Crippen LogP contribution < -0.4 is 4.74 Å². The number of carbonyl (C=O) groups excluding carboxylic acids is 1. The highest BCUT2D eigenvalue weighted by Crippen LogP contribution is 2.30. The zero-order valence-corrected chi connectivity index (χ0v) is 19.0. The van der Waals surface area contributed by atoms with Crippen LogP contribution in [0.3, 0.4) is 0 Å². The van der Waals surface area contributed by atoms with Gasteiger partial charge in [-0.2, -0.15) is 0 Å². The Morgan fingerprint density at radius 2 is 1.75 bits per heavy atom. The van der Waals surface area contributed by atoms with E-state index in [4.69, 9.17) is 14.6 Å². The van der Waals surface area contributed by atoms with E-state index in [1.54, 1.807) is 0 Å². The van der Waals surface area contributed by atoms with Crippen molar-refractivity contribution in [3.8, 4) is 17.0 Å². The van der Waals surface area contributed by atoms with Crippen LogP contribution in [0.5, 0.6) is 5.88 Å². The highest BCUT2D eigenvalue weighted by Gasteiger charge is 2.32. The lowest BCUT2D eigenvalue weighted by Gasteiger charge is -2.28. The molecule has 6 heteroatoms. The maximum Gasteiger partial charge on any atom is 0.410 e. The molecule has 0 spiro atoms. The summed E-state index contributed by atoms with van der Waals surface area (Å²) in [5, 5.41) is 4.75. The molecule has 1 atom stereocenters. The van der Waals surface area contributed by atoms with Gasteiger partial charge >= 0.3 is 6.09 Å². The molecule has 0 radical (unpaired) electrons. The fourth-order valence-electron chi connectivity index (χ4n) is 3.95. The van der Waals surface area contributed by atoms with Gasteiger partial charge < -0.3 is 14.4 Å². The van der Waals surface area contributed by atoms with Gasteiger partial charge in [-0.1, -0.05) is 60.7 Å². The Hall–Kier alpha value is -3.28. The SMILES string of the molecule is CC(C)(C)OC(=O)N1CCC[C@@H]1Cn1cc(-c2ccccc2)c(OCc2ccccc2)n1. The standard InChI is InChI=1S/C26H31N3O3/c1-26(2,3)32-25(30)29-16-10-15-22(29)17-28-18-23(21-13-8-5-9-14-21)24(27-28)31-19-20-11-6-4-7-12-20/h4-9,11-14,18,22H,10,15-17,19H2,1-3H3/t22-/m1/s1. The number of carbonyl (C=O) groups is 1. The minimum Gasteiger partial charge on any atom is -0.471 e. The van der Waals surface area contributed by atoms with Crippen molar-refractivity contribution in [2.24, 2.45) is 0 Å². The average molecular weight is 434 g/mol. The summed E-state index contributed by atoms with van der Waals surface area (Å²) in [5.74, 6) is 0.599. The molecule has 1 aromatic heterocycles. The lowest BCUT2D eigenvalue weighted by molar-refractivity contribution is 0.0211. The van der Waals surface area contributed by atoms with Crippen molar-refractivity contribution in [3.05, 3.63) is 72.4 Å². The maximum absolute atomic E-state index is 12.7. The highest BCUT2D eigenvalue weighted by atomic mass is 16.6. The molecule has 0 aliphatic carbocycles. The molecule has 6 nitrogen and oxygen atoms in total. The molecule has 4 rings (SSSR count). The van der Waals surface area contributed by atoms with Crippen LogP contribution in [0.2, 0.25) is 0 Å². The molecule has 0 N–H and O–H groups in total. The summed E-state index contributed by atoms with van der Waals surface area (Å²) in [4.78, 5) is 14.5. The molecule has 2 heterocycles. The van der Waals surface area contributed by atoms with Crippen LogP contribution in [0.1, 0.15) is 39.2 Å². The smallest absolute Gasteiger partial charge is 0.410 e. The third-order valence-electron chi connectivity index (χ3n) is 5.43. The zero-order valence-electron chi connectivity index (χ0n) is 19.0. The highest BCUT2D eigenvalue weighted by molar-refractivity contribution is 5.69. The lowest BCUT2D eigenvalue weighted by Crippen LogP contribution is -2.41. The van der Waals surface area contributed by atoms with E-state index in [0.717, 1.165) is 29.5 Å². The van der Waals surface area contributed by atoms with E-state index in [9.17, 15) is 4.79 Å². The number of amides is 1. The van der Waals surface area contributed by atoms with Gasteiger partial charge in [0.1, 0.15) is 12.2 Å². The van der Waals surface area contributed by atoms with Crippen LogP contribution in [-0.4, -0.2) is 39.0 Å². The maximum atomic E-state index is 12.7. The number of hydrogen-bond acceptors (Lipinski definition) is 4. The molecule has 32 heavy (non-hydrogen) atoms. The van der Waals surface area contributed by atoms with Crippen LogP contribution in [-0.2, 0) is 17.9 Å².